The Morgan fingerprint density at radius 2 is 1.82 bits per heavy atom. The fourth-order valence-electron chi connectivity index (χ4n) is 3.29. The van der Waals surface area contributed by atoms with Crippen molar-refractivity contribution in [2.24, 2.45) is 0 Å². The summed E-state index contributed by atoms with van der Waals surface area (Å²) in [5.74, 6) is -0.988. The topological polar surface area (TPSA) is 114 Å². The van der Waals surface area contributed by atoms with Crippen molar-refractivity contribution in [3.05, 3.63) is 93.7 Å². The third-order valence-electron chi connectivity index (χ3n) is 4.88. The monoisotopic (exact) mass is 472 g/mol. The van der Waals surface area contributed by atoms with Gasteiger partial charge in [-0.05, 0) is 60.5 Å². The summed E-state index contributed by atoms with van der Waals surface area (Å²) in [6.07, 6.45) is 1.39. The molecule has 9 heteroatoms. The van der Waals surface area contributed by atoms with Crippen molar-refractivity contribution in [1.82, 2.24) is 10.3 Å². The number of hydrogen-bond acceptors (Lipinski definition) is 6. The van der Waals surface area contributed by atoms with E-state index in [1.807, 2.05) is 31.2 Å². The van der Waals surface area contributed by atoms with Crippen molar-refractivity contribution in [2.75, 3.05) is 5.32 Å². The smallest absolute Gasteiger partial charge is 0.272 e. The number of carbonyl (C=O) groups excluding carboxylic acids is 2. The number of aryl methyl sites for hydroxylation is 1. The van der Waals surface area contributed by atoms with Gasteiger partial charge in [-0.2, -0.15) is 0 Å². The molecular weight excluding hydrogens is 452 g/mol. The van der Waals surface area contributed by atoms with Crippen LogP contribution in [0.3, 0.4) is 0 Å². The fourth-order valence-corrected chi connectivity index (χ4v) is 4.36. The van der Waals surface area contributed by atoms with Crippen LogP contribution in [0.1, 0.15) is 18.1 Å². The van der Waals surface area contributed by atoms with Crippen LogP contribution in [0, 0.1) is 17.0 Å². The molecule has 0 saturated carbocycles. The van der Waals surface area contributed by atoms with E-state index in [2.05, 4.69) is 21.7 Å². The third kappa shape index (κ3) is 5.33. The number of nitro groups is 1. The van der Waals surface area contributed by atoms with Crippen LogP contribution < -0.4 is 10.6 Å². The molecule has 0 bridgehead atoms. The summed E-state index contributed by atoms with van der Waals surface area (Å²) < 4.78 is 1.11. The second kappa shape index (κ2) is 9.63. The number of anilines is 1. The number of benzene rings is 3. The molecule has 34 heavy (non-hydrogen) atoms. The molecule has 3 aromatic carbocycles. The minimum Gasteiger partial charge on any atom is -0.322 e. The number of nitro benzene ring substituents is 1. The predicted molar refractivity (Wildman–Crippen MR) is 133 cm³/mol. The highest BCUT2D eigenvalue weighted by molar-refractivity contribution is 7.21. The molecule has 0 saturated heterocycles. The Morgan fingerprint density at radius 1 is 1.06 bits per heavy atom. The Morgan fingerprint density at radius 3 is 2.53 bits per heavy atom. The van der Waals surface area contributed by atoms with Crippen molar-refractivity contribution in [3.63, 3.8) is 0 Å². The zero-order valence-electron chi connectivity index (χ0n) is 18.4. The predicted octanol–water partition coefficient (Wildman–Crippen LogP) is 5.30. The van der Waals surface area contributed by atoms with Gasteiger partial charge in [-0.15, -0.1) is 11.3 Å². The Kier molecular flexibility index (Phi) is 6.46. The highest BCUT2D eigenvalue weighted by Crippen LogP contribution is 2.31. The first-order valence-electron chi connectivity index (χ1n) is 10.3. The SMILES string of the molecule is CC(=O)N/C(=C/c1cccc([N+](=O)[O-])c1)C(=O)Nc1ccc(-c2nc3ccc(C)cc3s2)cc1. The fraction of sp³-hybridized carbons (Fsp3) is 0.0800. The van der Waals surface area contributed by atoms with E-state index in [0.29, 0.717) is 11.3 Å². The average Bonchev–Trinajstić information content (AvgIpc) is 3.22. The normalized spacial score (nSPS) is 11.3. The van der Waals surface area contributed by atoms with E-state index in [1.165, 1.54) is 36.8 Å². The summed E-state index contributed by atoms with van der Waals surface area (Å²) in [4.78, 5) is 39.6. The van der Waals surface area contributed by atoms with Crippen LogP contribution in [0.2, 0.25) is 0 Å². The summed E-state index contributed by atoms with van der Waals surface area (Å²) in [6, 6.07) is 19.1. The van der Waals surface area contributed by atoms with Crippen LogP contribution >= 0.6 is 11.3 Å². The molecule has 4 aromatic rings. The lowest BCUT2D eigenvalue weighted by molar-refractivity contribution is -0.384. The summed E-state index contributed by atoms with van der Waals surface area (Å²) in [7, 11) is 0. The summed E-state index contributed by atoms with van der Waals surface area (Å²) in [5, 5.41) is 17.1. The highest BCUT2D eigenvalue weighted by atomic mass is 32.1. The molecule has 2 amide bonds. The number of rotatable bonds is 6. The van der Waals surface area contributed by atoms with Crippen LogP contribution in [0.15, 0.2) is 72.4 Å². The molecule has 170 valence electrons. The Bertz CT molecular complexity index is 1440. The number of aromatic nitrogens is 1. The lowest BCUT2D eigenvalue weighted by Crippen LogP contribution is -2.28. The molecule has 0 radical (unpaired) electrons. The van der Waals surface area contributed by atoms with E-state index in [0.717, 1.165) is 20.8 Å². The minimum atomic E-state index is -0.551. The second-order valence-corrected chi connectivity index (χ2v) is 8.64. The molecule has 0 spiro atoms. The van der Waals surface area contributed by atoms with Crippen LogP contribution in [0.25, 0.3) is 26.9 Å². The zero-order valence-corrected chi connectivity index (χ0v) is 19.2. The molecule has 8 nitrogen and oxygen atoms in total. The number of hydrogen-bond donors (Lipinski definition) is 2. The first kappa shape index (κ1) is 22.8. The van der Waals surface area contributed by atoms with Crippen LogP contribution in [0.4, 0.5) is 11.4 Å². The van der Waals surface area contributed by atoms with Gasteiger partial charge in [0.25, 0.3) is 11.6 Å². The molecular formula is C25H20N4O4S. The van der Waals surface area contributed by atoms with E-state index < -0.39 is 16.7 Å². The number of non-ortho nitro benzene ring substituents is 1. The van der Waals surface area contributed by atoms with Gasteiger partial charge >= 0.3 is 0 Å². The molecule has 1 heterocycles. The standard InChI is InChI=1S/C25H20N4O4S/c1-15-6-11-21-23(12-15)34-25(28-21)18-7-9-19(10-8-18)27-24(31)22(26-16(2)30)14-17-4-3-5-20(13-17)29(32)33/h3-14H,1-2H3,(H,26,30)(H,27,31)/b22-14+. The Hall–Kier alpha value is -4.37. The minimum absolute atomic E-state index is 0.0291. The van der Waals surface area contributed by atoms with Crippen LogP contribution in [-0.2, 0) is 9.59 Å². The number of carbonyl (C=O) groups is 2. The highest BCUT2D eigenvalue weighted by Gasteiger charge is 2.14. The first-order chi connectivity index (χ1) is 16.3. The number of nitrogens with one attached hydrogen (secondary N) is 2. The first-order valence-corrected chi connectivity index (χ1v) is 11.1. The summed E-state index contributed by atoms with van der Waals surface area (Å²) >= 11 is 1.60. The Balaban J connectivity index is 1.54. The number of amides is 2. The summed E-state index contributed by atoms with van der Waals surface area (Å²) in [5.41, 5.74) is 3.83. The molecule has 0 atom stereocenters. The van der Waals surface area contributed by atoms with E-state index in [1.54, 1.807) is 29.5 Å². The third-order valence-corrected chi connectivity index (χ3v) is 5.95. The van der Waals surface area contributed by atoms with Crippen molar-refractivity contribution in [1.29, 1.82) is 0 Å². The molecule has 0 unspecified atom stereocenters. The van der Waals surface area contributed by atoms with Crippen LogP contribution in [0.5, 0.6) is 0 Å². The maximum Gasteiger partial charge on any atom is 0.272 e. The van der Waals surface area contributed by atoms with Gasteiger partial charge in [0.15, 0.2) is 0 Å². The van der Waals surface area contributed by atoms with Gasteiger partial charge in [0.2, 0.25) is 5.91 Å². The van der Waals surface area contributed by atoms with Gasteiger partial charge in [-0.3, -0.25) is 19.7 Å². The zero-order chi connectivity index (χ0) is 24.2. The number of nitrogens with zero attached hydrogens (tertiary/aromatic N) is 2. The molecule has 4 rings (SSSR count). The van der Waals surface area contributed by atoms with Gasteiger partial charge in [0.05, 0.1) is 15.1 Å². The van der Waals surface area contributed by atoms with Gasteiger partial charge in [0, 0.05) is 30.3 Å². The number of thiazole rings is 1. The lowest BCUT2D eigenvalue weighted by Gasteiger charge is -2.10. The van der Waals surface area contributed by atoms with Crippen molar-refractivity contribution >= 4 is 50.8 Å². The quantitative estimate of drug-likeness (QED) is 0.225. The average molecular weight is 473 g/mol. The molecule has 0 aliphatic rings. The maximum absolute atomic E-state index is 12.8. The number of fused-ring (bicyclic) bond motifs is 1. The largest absolute Gasteiger partial charge is 0.322 e. The maximum atomic E-state index is 12.8. The van der Waals surface area contributed by atoms with E-state index in [4.69, 9.17) is 0 Å². The molecule has 0 aliphatic carbocycles. The summed E-state index contributed by atoms with van der Waals surface area (Å²) in [6.45, 7) is 3.32. The molecule has 1 aromatic heterocycles. The molecule has 0 aliphatic heterocycles. The second-order valence-electron chi connectivity index (χ2n) is 7.61. The van der Waals surface area contributed by atoms with Crippen molar-refractivity contribution in [3.8, 4) is 10.6 Å². The van der Waals surface area contributed by atoms with Gasteiger partial charge < -0.3 is 10.6 Å². The molecule has 0 fully saturated rings. The van der Waals surface area contributed by atoms with Crippen molar-refractivity contribution < 1.29 is 14.5 Å². The molecule has 2 N–H and O–H groups in total. The Labute approximate surface area is 199 Å². The van der Waals surface area contributed by atoms with E-state index >= 15 is 0 Å². The lowest BCUT2D eigenvalue weighted by atomic mass is 10.1. The van der Waals surface area contributed by atoms with Gasteiger partial charge in [-0.1, -0.05) is 18.2 Å². The van der Waals surface area contributed by atoms with Gasteiger partial charge in [-0.25, -0.2) is 4.98 Å². The van der Waals surface area contributed by atoms with E-state index in [9.17, 15) is 19.7 Å². The van der Waals surface area contributed by atoms with Gasteiger partial charge in [0.1, 0.15) is 10.7 Å². The van der Waals surface area contributed by atoms with E-state index in [-0.39, 0.29) is 11.4 Å². The van der Waals surface area contributed by atoms with Crippen molar-refractivity contribution in [2.45, 2.75) is 13.8 Å². The van der Waals surface area contributed by atoms with Crippen LogP contribution in [-0.4, -0.2) is 21.7 Å².